The molecule has 80 valence electrons. The molecule has 1 aromatic rings. The summed E-state index contributed by atoms with van der Waals surface area (Å²) in [5, 5.41) is 12.0. The lowest BCUT2D eigenvalue weighted by Crippen LogP contribution is -2.23. The Balaban J connectivity index is 2.61. The Labute approximate surface area is 91.1 Å². The summed E-state index contributed by atoms with van der Waals surface area (Å²) in [5.74, 6) is 0.626. The number of nitrogens with one attached hydrogen (secondary N) is 1. The fourth-order valence-corrected chi connectivity index (χ4v) is 1.30. The van der Waals surface area contributed by atoms with Crippen LogP contribution in [0.5, 0.6) is 0 Å². The molecule has 1 heterocycles. The van der Waals surface area contributed by atoms with Crippen LogP contribution in [-0.4, -0.2) is 11.0 Å². The molecule has 1 N–H and O–H groups in total. The van der Waals surface area contributed by atoms with Crippen LogP contribution in [0.4, 0.5) is 5.69 Å². The zero-order valence-electron chi connectivity index (χ0n) is 9.49. The Morgan fingerprint density at radius 3 is 2.67 bits per heavy atom. The van der Waals surface area contributed by atoms with Gasteiger partial charge in [0.1, 0.15) is 11.8 Å². The lowest BCUT2D eigenvalue weighted by atomic mass is 10.0. The van der Waals surface area contributed by atoms with Crippen LogP contribution in [0.2, 0.25) is 0 Å². The highest BCUT2D eigenvalue weighted by Gasteiger charge is 2.09. The second-order valence-corrected chi connectivity index (χ2v) is 3.86. The molecule has 0 spiro atoms. The monoisotopic (exact) mass is 203 g/mol. The molecule has 1 rings (SSSR count). The standard InChI is InChI=1S/C12H17N3/c1-4-9(2)10(3)15-12-6-5-11(7-13)14-8-12/h5-6,8-10,15H,4H2,1-3H3. The van der Waals surface area contributed by atoms with E-state index in [-0.39, 0.29) is 0 Å². The van der Waals surface area contributed by atoms with E-state index in [0.29, 0.717) is 17.7 Å². The van der Waals surface area contributed by atoms with Gasteiger partial charge in [-0.1, -0.05) is 20.3 Å². The molecule has 0 aliphatic carbocycles. The number of nitrogens with zero attached hydrogens (tertiary/aromatic N) is 2. The molecule has 0 aliphatic rings. The predicted octanol–water partition coefficient (Wildman–Crippen LogP) is 2.80. The van der Waals surface area contributed by atoms with E-state index in [0.717, 1.165) is 12.1 Å². The Morgan fingerprint density at radius 1 is 1.47 bits per heavy atom. The summed E-state index contributed by atoms with van der Waals surface area (Å²) in [5.41, 5.74) is 1.43. The molecule has 0 saturated carbocycles. The van der Waals surface area contributed by atoms with Crippen molar-refractivity contribution in [2.75, 3.05) is 5.32 Å². The Bertz CT molecular complexity index is 337. The summed E-state index contributed by atoms with van der Waals surface area (Å²) < 4.78 is 0. The number of aromatic nitrogens is 1. The number of pyridine rings is 1. The first-order valence-corrected chi connectivity index (χ1v) is 5.30. The number of anilines is 1. The summed E-state index contributed by atoms with van der Waals surface area (Å²) in [4.78, 5) is 4.01. The van der Waals surface area contributed by atoms with Crippen LogP contribution in [0.3, 0.4) is 0 Å². The van der Waals surface area contributed by atoms with Crippen molar-refractivity contribution in [2.45, 2.75) is 33.2 Å². The predicted molar refractivity (Wildman–Crippen MR) is 61.5 cm³/mol. The highest BCUT2D eigenvalue weighted by atomic mass is 14.9. The Hall–Kier alpha value is -1.56. The molecular weight excluding hydrogens is 186 g/mol. The molecule has 2 unspecified atom stereocenters. The van der Waals surface area contributed by atoms with E-state index in [4.69, 9.17) is 5.26 Å². The van der Waals surface area contributed by atoms with Crippen molar-refractivity contribution in [1.29, 1.82) is 5.26 Å². The van der Waals surface area contributed by atoms with Gasteiger partial charge in [0.25, 0.3) is 0 Å². The zero-order chi connectivity index (χ0) is 11.3. The van der Waals surface area contributed by atoms with Gasteiger partial charge in [-0.2, -0.15) is 5.26 Å². The minimum absolute atomic E-state index is 0.421. The van der Waals surface area contributed by atoms with E-state index < -0.39 is 0 Å². The average molecular weight is 203 g/mol. The summed E-state index contributed by atoms with van der Waals surface area (Å²) in [6.07, 6.45) is 2.86. The number of hydrogen-bond acceptors (Lipinski definition) is 3. The van der Waals surface area contributed by atoms with Gasteiger partial charge in [0.15, 0.2) is 0 Å². The summed E-state index contributed by atoms with van der Waals surface area (Å²) >= 11 is 0. The number of rotatable bonds is 4. The van der Waals surface area contributed by atoms with Crippen LogP contribution in [0.25, 0.3) is 0 Å². The highest BCUT2D eigenvalue weighted by Crippen LogP contribution is 2.14. The lowest BCUT2D eigenvalue weighted by Gasteiger charge is -2.20. The highest BCUT2D eigenvalue weighted by molar-refractivity contribution is 5.43. The molecule has 0 aliphatic heterocycles. The van der Waals surface area contributed by atoms with Crippen LogP contribution in [-0.2, 0) is 0 Å². The minimum atomic E-state index is 0.421. The second kappa shape index (κ2) is 5.35. The summed E-state index contributed by atoms with van der Waals surface area (Å²) in [7, 11) is 0. The second-order valence-electron chi connectivity index (χ2n) is 3.86. The van der Waals surface area contributed by atoms with Crippen LogP contribution in [0.1, 0.15) is 32.9 Å². The van der Waals surface area contributed by atoms with Gasteiger partial charge < -0.3 is 5.32 Å². The Morgan fingerprint density at radius 2 is 2.20 bits per heavy atom. The topological polar surface area (TPSA) is 48.7 Å². The van der Waals surface area contributed by atoms with E-state index in [1.54, 1.807) is 12.3 Å². The molecule has 3 nitrogen and oxygen atoms in total. The maximum absolute atomic E-state index is 8.60. The van der Waals surface area contributed by atoms with Gasteiger partial charge >= 0.3 is 0 Å². The maximum atomic E-state index is 8.60. The normalized spacial score (nSPS) is 14.0. The first kappa shape index (κ1) is 11.5. The fraction of sp³-hybridized carbons (Fsp3) is 0.500. The molecular formula is C12H17N3. The first-order valence-electron chi connectivity index (χ1n) is 5.30. The molecule has 2 atom stereocenters. The van der Waals surface area contributed by atoms with Crippen molar-refractivity contribution in [3.63, 3.8) is 0 Å². The molecule has 15 heavy (non-hydrogen) atoms. The van der Waals surface area contributed by atoms with Crippen LogP contribution < -0.4 is 5.32 Å². The quantitative estimate of drug-likeness (QED) is 0.818. The maximum Gasteiger partial charge on any atom is 0.140 e. The van der Waals surface area contributed by atoms with E-state index >= 15 is 0 Å². The molecule has 0 bridgehead atoms. The molecule has 0 saturated heterocycles. The van der Waals surface area contributed by atoms with Crippen molar-refractivity contribution in [2.24, 2.45) is 5.92 Å². The molecule has 3 heteroatoms. The third-order valence-corrected chi connectivity index (χ3v) is 2.77. The molecule has 0 aromatic carbocycles. The van der Waals surface area contributed by atoms with Gasteiger partial charge in [-0.25, -0.2) is 4.98 Å². The van der Waals surface area contributed by atoms with Gasteiger partial charge in [-0.15, -0.1) is 0 Å². The number of nitriles is 1. The minimum Gasteiger partial charge on any atom is -0.381 e. The average Bonchev–Trinajstić information content (AvgIpc) is 2.29. The van der Waals surface area contributed by atoms with Crippen molar-refractivity contribution in [1.82, 2.24) is 4.98 Å². The third-order valence-electron chi connectivity index (χ3n) is 2.77. The van der Waals surface area contributed by atoms with Crippen LogP contribution in [0, 0.1) is 17.2 Å². The molecule has 0 amide bonds. The Kier molecular flexibility index (Phi) is 4.11. The molecule has 1 aromatic heterocycles. The van der Waals surface area contributed by atoms with E-state index in [2.05, 4.69) is 31.1 Å². The third kappa shape index (κ3) is 3.25. The smallest absolute Gasteiger partial charge is 0.140 e. The van der Waals surface area contributed by atoms with Gasteiger partial charge in [0, 0.05) is 6.04 Å². The number of hydrogen-bond donors (Lipinski definition) is 1. The van der Waals surface area contributed by atoms with Crippen molar-refractivity contribution < 1.29 is 0 Å². The zero-order valence-corrected chi connectivity index (χ0v) is 9.49. The van der Waals surface area contributed by atoms with Gasteiger partial charge in [-0.3, -0.25) is 0 Å². The van der Waals surface area contributed by atoms with Crippen molar-refractivity contribution >= 4 is 5.69 Å². The SMILES string of the molecule is CCC(C)C(C)Nc1ccc(C#N)nc1. The largest absolute Gasteiger partial charge is 0.381 e. The van der Waals surface area contributed by atoms with E-state index in [9.17, 15) is 0 Å². The first-order chi connectivity index (χ1) is 7.17. The van der Waals surface area contributed by atoms with Gasteiger partial charge in [0.2, 0.25) is 0 Å². The fourth-order valence-electron chi connectivity index (χ4n) is 1.30. The van der Waals surface area contributed by atoms with Crippen LogP contribution >= 0.6 is 0 Å². The van der Waals surface area contributed by atoms with E-state index in [1.807, 2.05) is 12.1 Å². The van der Waals surface area contributed by atoms with Gasteiger partial charge in [-0.05, 0) is 25.0 Å². The van der Waals surface area contributed by atoms with Gasteiger partial charge in [0.05, 0.1) is 11.9 Å². The van der Waals surface area contributed by atoms with Crippen molar-refractivity contribution in [3.05, 3.63) is 24.0 Å². The molecule has 0 fully saturated rings. The van der Waals surface area contributed by atoms with E-state index in [1.165, 1.54) is 0 Å². The molecule has 0 radical (unpaired) electrons. The summed E-state index contributed by atoms with van der Waals surface area (Å²) in [6.45, 7) is 6.56. The summed E-state index contributed by atoms with van der Waals surface area (Å²) in [6, 6.07) is 6.04. The lowest BCUT2D eigenvalue weighted by molar-refractivity contribution is 0.494. The van der Waals surface area contributed by atoms with Crippen molar-refractivity contribution in [3.8, 4) is 6.07 Å². The van der Waals surface area contributed by atoms with Crippen LogP contribution in [0.15, 0.2) is 18.3 Å².